The summed E-state index contributed by atoms with van der Waals surface area (Å²) in [6, 6.07) is 5.05. The highest BCUT2D eigenvalue weighted by molar-refractivity contribution is 6.28. The van der Waals surface area contributed by atoms with Crippen molar-refractivity contribution in [3.8, 4) is 11.5 Å². The van der Waals surface area contributed by atoms with Gasteiger partial charge in [-0.15, -0.1) is 0 Å². The van der Waals surface area contributed by atoms with Gasteiger partial charge < -0.3 is 19.3 Å². The average molecular weight is 419 g/mol. The highest BCUT2D eigenvalue weighted by Crippen LogP contribution is 2.37. The molecule has 0 unspecified atom stereocenters. The van der Waals surface area contributed by atoms with Crippen LogP contribution in [0.2, 0.25) is 5.28 Å². The molecule has 0 bridgehead atoms. The van der Waals surface area contributed by atoms with Crippen molar-refractivity contribution in [3.05, 3.63) is 17.4 Å². The van der Waals surface area contributed by atoms with Crippen molar-refractivity contribution in [1.82, 2.24) is 14.9 Å². The SMILES string of the molecule is COc1cc2nc(Cl)nc(N(C)C3CCN(C4CCCCC4)CC3)c2cc1OC. The third kappa shape index (κ3) is 4.24. The predicted octanol–water partition coefficient (Wildman–Crippen LogP) is 4.53. The first-order valence-electron chi connectivity index (χ1n) is 10.7. The zero-order valence-corrected chi connectivity index (χ0v) is 18.4. The van der Waals surface area contributed by atoms with Crippen LogP contribution in [0.1, 0.15) is 44.9 Å². The van der Waals surface area contributed by atoms with E-state index in [2.05, 4.69) is 26.8 Å². The van der Waals surface area contributed by atoms with Crippen molar-refractivity contribution in [3.63, 3.8) is 0 Å². The molecule has 2 aliphatic rings. The molecule has 0 N–H and O–H groups in total. The molecule has 1 aromatic carbocycles. The summed E-state index contributed by atoms with van der Waals surface area (Å²) < 4.78 is 10.9. The number of anilines is 1. The normalized spacial score (nSPS) is 19.4. The molecular weight excluding hydrogens is 388 g/mol. The van der Waals surface area contributed by atoms with Gasteiger partial charge in [0, 0.05) is 43.7 Å². The van der Waals surface area contributed by atoms with E-state index >= 15 is 0 Å². The number of hydrogen-bond donors (Lipinski definition) is 0. The molecule has 0 amide bonds. The minimum absolute atomic E-state index is 0.256. The molecule has 2 heterocycles. The summed E-state index contributed by atoms with van der Waals surface area (Å²) in [5.41, 5.74) is 0.768. The van der Waals surface area contributed by atoms with E-state index in [4.69, 9.17) is 21.1 Å². The molecule has 4 rings (SSSR count). The summed E-state index contributed by atoms with van der Waals surface area (Å²) in [6.07, 6.45) is 9.21. The summed E-state index contributed by atoms with van der Waals surface area (Å²) in [6.45, 7) is 2.32. The quantitative estimate of drug-likeness (QED) is 0.664. The number of hydrogen-bond acceptors (Lipinski definition) is 6. The first-order chi connectivity index (χ1) is 14.1. The molecule has 0 radical (unpaired) electrons. The highest BCUT2D eigenvalue weighted by atomic mass is 35.5. The third-order valence-corrected chi connectivity index (χ3v) is 6.79. The molecule has 1 aliphatic carbocycles. The van der Waals surface area contributed by atoms with Crippen LogP contribution in [0.3, 0.4) is 0 Å². The number of aromatic nitrogens is 2. The number of halogens is 1. The van der Waals surface area contributed by atoms with Gasteiger partial charge in [0.25, 0.3) is 0 Å². The van der Waals surface area contributed by atoms with Crippen LogP contribution in [0, 0.1) is 0 Å². The van der Waals surface area contributed by atoms with E-state index in [1.165, 1.54) is 32.1 Å². The van der Waals surface area contributed by atoms with Crippen LogP contribution < -0.4 is 14.4 Å². The van der Waals surface area contributed by atoms with Crippen LogP contribution in [-0.2, 0) is 0 Å². The summed E-state index contributed by atoms with van der Waals surface area (Å²) in [5, 5.41) is 1.19. The lowest BCUT2D eigenvalue weighted by molar-refractivity contribution is 0.122. The Labute approximate surface area is 178 Å². The number of rotatable bonds is 5. The first kappa shape index (κ1) is 20.5. The second-order valence-corrected chi connectivity index (χ2v) is 8.55. The number of benzene rings is 1. The van der Waals surface area contributed by atoms with Crippen molar-refractivity contribution in [2.24, 2.45) is 0 Å². The van der Waals surface area contributed by atoms with Crippen molar-refractivity contribution in [1.29, 1.82) is 0 Å². The molecule has 7 heteroatoms. The van der Waals surface area contributed by atoms with Crippen molar-refractivity contribution in [2.75, 3.05) is 39.3 Å². The number of nitrogens with zero attached hydrogens (tertiary/aromatic N) is 4. The highest BCUT2D eigenvalue weighted by Gasteiger charge is 2.29. The van der Waals surface area contributed by atoms with Gasteiger partial charge in [-0.2, -0.15) is 4.98 Å². The van der Waals surface area contributed by atoms with Gasteiger partial charge in [-0.25, -0.2) is 4.98 Å². The fourth-order valence-corrected chi connectivity index (χ4v) is 5.11. The maximum absolute atomic E-state index is 6.27. The Hall–Kier alpha value is -1.79. The molecule has 6 nitrogen and oxygen atoms in total. The zero-order valence-electron chi connectivity index (χ0n) is 17.7. The smallest absolute Gasteiger partial charge is 0.224 e. The van der Waals surface area contributed by atoms with E-state index in [0.29, 0.717) is 17.5 Å². The zero-order chi connectivity index (χ0) is 20.4. The second-order valence-electron chi connectivity index (χ2n) is 8.21. The lowest BCUT2D eigenvalue weighted by atomic mass is 9.92. The summed E-state index contributed by atoms with van der Waals surface area (Å²) in [4.78, 5) is 14.0. The maximum Gasteiger partial charge on any atom is 0.224 e. The van der Waals surface area contributed by atoms with Gasteiger partial charge in [0.2, 0.25) is 5.28 Å². The van der Waals surface area contributed by atoms with E-state index in [1.54, 1.807) is 14.2 Å². The average Bonchev–Trinajstić information content (AvgIpc) is 2.77. The molecule has 0 atom stereocenters. The molecule has 1 saturated heterocycles. The lowest BCUT2D eigenvalue weighted by Gasteiger charge is -2.42. The van der Waals surface area contributed by atoms with Crippen LogP contribution in [0.15, 0.2) is 12.1 Å². The van der Waals surface area contributed by atoms with Gasteiger partial charge in [-0.3, -0.25) is 0 Å². The Morgan fingerprint density at radius 1 is 0.966 bits per heavy atom. The van der Waals surface area contributed by atoms with Crippen LogP contribution in [0.5, 0.6) is 11.5 Å². The van der Waals surface area contributed by atoms with E-state index in [9.17, 15) is 0 Å². The minimum Gasteiger partial charge on any atom is -0.493 e. The molecule has 1 aromatic heterocycles. The Balaban J connectivity index is 1.56. The Bertz CT molecular complexity index is 848. The molecule has 1 aliphatic heterocycles. The Morgan fingerprint density at radius 2 is 1.62 bits per heavy atom. The summed E-state index contributed by atoms with van der Waals surface area (Å²) in [5.74, 6) is 2.17. The predicted molar refractivity (Wildman–Crippen MR) is 118 cm³/mol. The number of likely N-dealkylation sites (tertiary alicyclic amines) is 1. The van der Waals surface area contributed by atoms with Gasteiger partial charge in [0.1, 0.15) is 5.82 Å². The molecule has 2 fully saturated rings. The van der Waals surface area contributed by atoms with Crippen LogP contribution >= 0.6 is 11.6 Å². The van der Waals surface area contributed by atoms with E-state index in [1.807, 2.05) is 12.1 Å². The minimum atomic E-state index is 0.256. The van der Waals surface area contributed by atoms with Crippen LogP contribution in [0.4, 0.5) is 5.82 Å². The maximum atomic E-state index is 6.27. The molecular formula is C22H31ClN4O2. The summed E-state index contributed by atoms with van der Waals surface area (Å²) in [7, 11) is 5.39. The number of methoxy groups -OCH3 is 2. The molecule has 1 saturated carbocycles. The summed E-state index contributed by atoms with van der Waals surface area (Å²) >= 11 is 6.27. The van der Waals surface area contributed by atoms with Gasteiger partial charge >= 0.3 is 0 Å². The van der Waals surface area contributed by atoms with Crippen molar-refractivity contribution < 1.29 is 9.47 Å². The first-order valence-corrected chi connectivity index (χ1v) is 11.0. The molecule has 0 spiro atoms. The second kappa shape index (κ2) is 8.92. The van der Waals surface area contributed by atoms with E-state index in [0.717, 1.165) is 48.7 Å². The van der Waals surface area contributed by atoms with Crippen molar-refractivity contribution >= 4 is 28.3 Å². The topological polar surface area (TPSA) is 50.7 Å². The fourth-order valence-electron chi connectivity index (χ4n) is 4.94. The molecule has 2 aromatic rings. The van der Waals surface area contributed by atoms with E-state index in [-0.39, 0.29) is 5.28 Å². The number of ether oxygens (including phenoxy) is 2. The lowest BCUT2D eigenvalue weighted by Crippen LogP contribution is -2.48. The van der Waals surface area contributed by atoms with E-state index < -0.39 is 0 Å². The standard InChI is InChI=1S/C22H31ClN4O2/c1-26(15-9-11-27(12-10-15)16-7-5-4-6-8-16)21-17-13-19(28-2)20(29-3)14-18(17)24-22(23)25-21/h13-16H,4-12H2,1-3H3. The number of piperidine rings is 1. The van der Waals surface area contributed by atoms with Crippen molar-refractivity contribution in [2.45, 2.75) is 57.0 Å². The fraction of sp³-hybridized carbons (Fsp3) is 0.636. The van der Waals surface area contributed by atoms with Gasteiger partial charge in [0.05, 0.1) is 19.7 Å². The third-order valence-electron chi connectivity index (χ3n) is 6.63. The van der Waals surface area contributed by atoms with Gasteiger partial charge in [-0.1, -0.05) is 19.3 Å². The number of fused-ring (bicyclic) bond motifs is 1. The molecule has 158 valence electrons. The van der Waals surface area contributed by atoms with Crippen LogP contribution in [0.25, 0.3) is 10.9 Å². The van der Waals surface area contributed by atoms with Crippen LogP contribution in [-0.4, -0.2) is 61.3 Å². The Morgan fingerprint density at radius 3 is 2.28 bits per heavy atom. The van der Waals surface area contributed by atoms with Gasteiger partial charge in [-0.05, 0) is 43.4 Å². The van der Waals surface area contributed by atoms with Gasteiger partial charge in [0.15, 0.2) is 11.5 Å². The Kier molecular flexibility index (Phi) is 6.30. The largest absolute Gasteiger partial charge is 0.493 e. The monoisotopic (exact) mass is 418 g/mol. The molecule has 29 heavy (non-hydrogen) atoms.